The molecular weight excluding hydrogens is 364 g/mol. The Hall–Kier alpha value is -1.90. The lowest BCUT2D eigenvalue weighted by Gasteiger charge is -2.22. The number of hydrogen-bond acceptors (Lipinski definition) is 4. The van der Waals surface area contributed by atoms with Crippen molar-refractivity contribution in [3.05, 3.63) is 29.8 Å². The van der Waals surface area contributed by atoms with E-state index in [2.05, 4.69) is 15.0 Å². The van der Waals surface area contributed by atoms with Crippen molar-refractivity contribution in [3.63, 3.8) is 0 Å². The molecule has 0 aliphatic carbocycles. The van der Waals surface area contributed by atoms with Crippen molar-refractivity contribution >= 4 is 15.8 Å². The molecule has 1 heterocycles. The maximum absolute atomic E-state index is 12.2. The summed E-state index contributed by atoms with van der Waals surface area (Å²) in [5, 5.41) is 3.19. The van der Waals surface area contributed by atoms with Gasteiger partial charge >= 0.3 is 6.61 Å². The Morgan fingerprint density at radius 3 is 2.62 bits per heavy atom. The average molecular weight is 389 g/mol. The lowest BCUT2D eigenvalue weighted by Crippen LogP contribution is -2.38. The highest BCUT2D eigenvalue weighted by molar-refractivity contribution is 7.91. The fraction of sp³-hybridized carbons (Fsp3) is 0.588. The van der Waals surface area contributed by atoms with Crippen LogP contribution in [0.5, 0.6) is 5.75 Å². The molecule has 0 radical (unpaired) electrons. The average Bonchev–Trinajstić information content (AvgIpc) is 2.91. The van der Waals surface area contributed by atoms with E-state index in [1.807, 2.05) is 18.9 Å². The van der Waals surface area contributed by atoms with Crippen molar-refractivity contribution in [2.24, 2.45) is 10.9 Å². The molecule has 146 valence electrons. The van der Waals surface area contributed by atoms with E-state index in [0.29, 0.717) is 32.0 Å². The summed E-state index contributed by atoms with van der Waals surface area (Å²) in [4.78, 5) is 6.47. The standard InChI is InChI=1S/C17H25F2N3O3S/c1-3-20-17(21-10-14-8-9-26(23,24)12-14)22(2)11-13-4-6-15(7-5-13)25-16(18)19/h4-7,14,16H,3,8-12H2,1-2H3,(H,20,21). The number of benzene rings is 1. The highest BCUT2D eigenvalue weighted by atomic mass is 32.2. The summed E-state index contributed by atoms with van der Waals surface area (Å²) in [6.07, 6.45) is 0.653. The van der Waals surface area contributed by atoms with Crippen molar-refractivity contribution in [1.29, 1.82) is 0 Å². The number of sulfone groups is 1. The van der Waals surface area contributed by atoms with Crippen LogP contribution < -0.4 is 10.1 Å². The molecule has 26 heavy (non-hydrogen) atoms. The van der Waals surface area contributed by atoms with Crippen LogP contribution >= 0.6 is 0 Å². The fourth-order valence-corrected chi connectivity index (χ4v) is 4.68. The molecule has 1 fully saturated rings. The summed E-state index contributed by atoms with van der Waals surface area (Å²) in [5.74, 6) is 1.31. The molecule has 0 amide bonds. The third-order valence-electron chi connectivity index (χ3n) is 4.09. The van der Waals surface area contributed by atoms with Gasteiger partial charge < -0.3 is 15.0 Å². The summed E-state index contributed by atoms with van der Waals surface area (Å²) in [5.41, 5.74) is 0.920. The van der Waals surface area contributed by atoms with Gasteiger partial charge in [-0.15, -0.1) is 0 Å². The Labute approximate surface area is 153 Å². The van der Waals surface area contributed by atoms with Crippen LogP contribution in [-0.4, -0.2) is 57.5 Å². The highest BCUT2D eigenvalue weighted by Crippen LogP contribution is 2.19. The maximum Gasteiger partial charge on any atom is 0.387 e. The molecule has 0 spiro atoms. The maximum atomic E-state index is 12.2. The number of hydrogen-bond donors (Lipinski definition) is 1. The van der Waals surface area contributed by atoms with Gasteiger partial charge in [0.05, 0.1) is 11.5 Å². The molecule has 1 saturated heterocycles. The molecule has 6 nitrogen and oxygen atoms in total. The molecule has 1 aliphatic heterocycles. The van der Waals surface area contributed by atoms with Gasteiger partial charge in [-0.3, -0.25) is 4.99 Å². The normalized spacial score (nSPS) is 19.6. The first-order valence-electron chi connectivity index (χ1n) is 8.52. The number of ether oxygens (including phenoxy) is 1. The van der Waals surface area contributed by atoms with E-state index in [-0.39, 0.29) is 23.2 Å². The van der Waals surface area contributed by atoms with Crippen LogP contribution in [0.2, 0.25) is 0 Å². The van der Waals surface area contributed by atoms with E-state index in [1.165, 1.54) is 12.1 Å². The third-order valence-corrected chi connectivity index (χ3v) is 5.93. The first kappa shape index (κ1) is 20.4. The van der Waals surface area contributed by atoms with Crippen LogP contribution in [0.15, 0.2) is 29.3 Å². The quantitative estimate of drug-likeness (QED) is 0.571. The van der Waals surface area contributed by atoms with Crippen LogP contribution in [0, 0.1) is 5.92 Å². The van der Waals surface area contributed by atoms with Crippen LogP contribution in [-0.2, 0) is 16.4 Å². The van der Waals surface area contributed by atoms with Gasteiger partial charge in [-0.25, -0.2) is 8.42 Å². The molecule has 0 bridgehead atoms. The first-order chi connectivity index (χ1) is 12.3. The summed E-state index contributed by atoms with van der Waals surface area (Å²) in [6, 6.07) is 6.45. The van der Waals surface area contributed by atoms with E-state index in [9.17, 15) is 17.2 Å². The van der Waals surface area contributed by atoms with Crippen LogP contribution in [0.25, 0.3) is 0 Å². The van der Waals surface area contributed by atoms with Crippen LogP contribution in [0.3, 0.4) is 0 Å². The number of halogens is 2. The molecule has 1 aliphatic rings. The van der Waals surface area contributed by atoms with E-state index < -0.39 is 16.4 Å². The van der Waals surface area contributed by atoms with Crippen molar-refractivity contribution < 1.29 is 21.9 Å². The van der Waals surface area contributed by atoms with Gasteiger partial charge in [0.15, 0.2) is 15.8 Å². The van der Waals surface area contributed by atoms with Gasteiger partial charge in [0, 0.05) is 26.7 Å². The molecule has 1 aromatic carbocycles. The Bertz CT molecular complexity index is 708. The number of alkyl halides is 2. The molecule has 2 rings (SSSR count). The topological polar surface area (TPSA) is 71.0 Å². The monoisotopic (exact) mass is 389 g/mol. The van der Waals surface area contributed by atoms with Crippen LogP contribution in [0.1, 0.15) is 18.9 Å². The largest absolute Gasteiger partial charge is 0.435 e. The second-order valence-corrected chi connectivity index (χ2v) is 8.57. The molecule has 9 heteroatoms. The van der Waals surface area contributed by atoms with E-state index in [4.69, 9.17) is 0 Å². The van der Waals surface area contributed by atoms with Crippen molar-refractivity contribution in [2.75, 3.05) is 31.6 Å². The number of rotatable bonds is 7. The van der Waals surface area contributed by atoms with Gasteiger partial charge in [0.1, 0.15) is 5.75 Å². The minimum Gasteiger partial charge on any atom is -0.435 e. The SMILES string of the molecule is CCNC(=NCC1CCS(=O)(=O)C1)N(C)Cc1ccc(OC(F)F)cc1. The minimum atomic E-state index is -2.91. The molecular formula is C17H25F2N3O3S. The first-order valence-corrected chi connectivity index (χ1v) is 10.3. The molecule has 0 aromatic heterocycles. The van der Waals surface area contributed by atoms with Crippen molar-refractivity contribution in [2.45, 2.75) is 26.5 Å². The predicted octanol–water partition coefficient (Wildman–Crippen LogP) is 2.12. The second kappa shape index (κ2) is 9.16. The van der Waals surface area contributed by atoms with E-state index >= 15 is 0 Å². The molecule has 1 unspecified atom stereocenters. The second-order valence-electron chi connectivity index (χ2n) is 6.34. The fourth-order valence-electron chi connectivity index (χ4n) is 2.83. The summed E-state index contributed by atoms with van der Waals surface area (Å²) < 4.78 is 51.8. The van der Waals surface area contributed by atoms with Crippen LogP contribution in [0.4, 0.5) is 8.78 Å². The highest BCUT2D eigenvalue weighted by Gasteiger charge is 2.27. The Morgan fingerprint density at radius 2 is 2.08 bits per heavy atom. The zero-order valence-corrected chi connectivity index (χ0v) is 15.8. The molecule has 1 N–H and O–H groups in total. The lowest BCUT2D eigenvalue weighted by molar-refractivity contribution is -0.0498. The predicted molar refractivity (Wildman–Crippen MR) is 97.3 cm³/mol. The number of nitrogens with zero attached hydrogens (tertiary/aromatic N) is 2. The zero-order chi connectivity index (χ0) is 19.2. The smallest absolute Gasteiger partial charge is 0.387 e. The van der Waals surface area contributed by atoms with Gasteiger partial charge in [0.2, 0.25) is 0 Å². The van der Waals surface area contributed by atoms with Gasteiger partial charge in [-0.05, 0) is 37.0 Å². The minimum absolute atomic E-state index is 0.0628. The van der Waals surface area contributed by atoms with Crippen molar-refractivity contribution in [1.82, 2.24) is 10.2 Å². The molecule has 1 atom stereocenters. The van der Waals surface area contributed by atoms with Gasteiger partial charge in [-0.2, -0.15) is 8.78 Å². The molecule has 1 aromatic rings. The lowest BCUT2D eigenvalue weighted by atomic mass is 10.1. The Kier molecular flexibility index (Phi) is 7.19. The summed E-state index contributed by atoms with van der Waals surface area (Å²) in [7, 11) is -1.03. The third kappa shape index (κ3) is 6.44. The Morgan fingerprint density at radius 1 is 1.38 bits per heavy atom. The van der Waals surface area contributed by atoms with Gasteiger partial charge in [0.25, 0.3) is 0 Å². The number of aliphatic imine (C=N–C) groups is 1. The Balaban J connectivity index is 1.96. The number of nitrogens with one attached hydrogen (secondary N) is 1. The van der Waals surface area contributed by atoms with Gasteiger partial charge in [-0.1, -0.05) is 12.1 Å². The van der Waals surface area contributed by atoms with E-state index in [0.717, 1.165) is 5.56 Å². The zero-order valence-electron chi connectivity index (χ0n) is 15.0. The summed E-state index contributed by atoms with van der Waals surface area (Å²) in [6.45, 7) is 0.805. The molecule has 0 saturated carbocycles. The summed E-state index contributed by atoms with van der Waals surface area (Å²) >= 11 is 0. The van der Waals surface area contributed by atoms with Crippen molar-refractivity contribution in [3.8, 4) is 5.75 Å². The van der Waals surface area contributed by atoms with E-state index in [1.54, 1.807) is 12.1 Å². The number of guanidine groups is 1.